The van der Waals surface area contributed by atoms with Crippen molar-refractivity contribution in [3.63, 3.8) is 0 Å². The van der Waals surface area contributed by atoms with E-state index in [-0.39, 0.29) is 4.90 Å². The van der Waals surface area contributed by atoms with E-state index in [0.29, 0.717) is 5.02 Å². The van der Waals surface area contributed by atoms with Crippen LogP contribution < -0.4 is 4.83 Å². The molecule has 7 heteroatoms. The summed E-state index contributed by atoms with van der Waals surface area (Å²) in [6, 6.07) is 20.0. The molecular formula is C20H16ClN3O2S. The number of nitrogens with one attached hydrogen (secondary N) is 1. The number of fused-ring (bicyclic) bond motifs is 3. The topological polar surface area (TPSA) is 63.5 Å². The van der Waals surface area contributed by atoms with Crippen LogP contribution in [0.5, 0.6) is 0 Å². The Balaban J connectivity index is 1.63. The van der Waals surface area contributed by atoms with Gasteiger partial charge in [-0.05, 0) is 48.0 Å². The van der Waals surface area contributed by atoms with E-state index in [1.165, 1.54) is 30.5 Å². The predicted octanol–water partition coefficient (Wildman–Crippen LogP) is 4.30. The standard InChI is InChI=1S/C20H16ClN3O2S/c1-24-19-5-3-2-4-17(19)18-12-14(6-11-20(18)24)13-22-23-27(25,26)16-9-7-15(21)8-10-16/h2-13,23H,1H3. The van der Waals surface area contributed by atoms with E-state index >= 15 is 0 Å². The molecule has 136 valence electrons. The number of hydrazone groups is 1. The Bertz CT molecular complexity index is 1280. The third-order valence-corrected chi connectivity index (χ3v) is 5.94. The molecule has 0 aliphatic heterocycles. The minimum absolute atomic E-state index is 0.105. The summed E-state index contributed by atoms with van der Waals surface area (Å²) < 4.78 is 26.6. The Kier molecular flexibility index (Phi) is 4.37. The van der Waals surface area contributed by atoms with Crippen molar-refractivity contribution in [3.8, 4) is 0 Å². The lowest BCUT2D eigenvalue weighted by Gasteiger charge is -2.03. The average molecular weight is 398 g/mol. The van der Waals surface area contributed by atoms with E-state index in [9.17, 15) is 8.42 Å². The van der Waals surface area contributed by atoms with Gasteiger partial charge in [0, 0.05) is 33.9 Å². The molecule has 0 aliphatic carbocycles. The molecule has 4 rings (SSSR count). The fraction of sp³-hybridized carbons (Fsp3) is 0.0500. The van der Waals surface area contributed by atoms with Crippen LogP contribution in [0.3, 0.4) is 0 Å². The molecular weight excluding hydrogens is 382 g/mol. The highest BCUT2D eigenvalue weighted by Gasteiger charge is 2.12. The summed E-state index contributed by atoms with van der Waals surface area (Å²) in [5.41, 5.74) is 3.05. The normalized spacial score (nSPS) is 12.2. The van der Waals surface area contributed by atoms with Crippen molar-refractivity contribution >= 4 is 49.6 Å². The zero-order valence-electron chi connectivity index (χ0n) is 14.4. The molecule has 0 saturated carbocycles. The van der Waals surface area contributed by atoms with Crippen molar-refractivity contribution < 1.29 is 8.42 Å². The summed E-state index contributed by atoms with van der Waals surface area (Å²) in [6.45, 7) is 0. The van der Waals surface area contributed by atoms with E-state index in [1.54, 1.807) is 0 Å². The van der Waals surface area contributed by atoms with Crippen LogP contribution in [-0.4, -0.2) is 19.2 Å². The molecule has 0 atom stereocenters. The van der Waals surface area contributed by atoms with Gasteiger partial charge in [-0.15, -0.1) is 0 Å². The molecule has 0 amide bonds. The van der Waals surface area contributed by atoms with E-state index in [0.717, 1.165) is 27.4 Å². The van der Waals surface area contributed by atoms with Gasteiger partial charge in [0.1, 0.15) is 0 Å². The van der Waals surface area contributed by atoms with Gasteiger partial charge in [-0.3, -0.25) is 0 Å². The number of halogens is 1. The summed E-state index contributed by atoms with van der Waals surface area (Å²) in [7, 11) is -1.70. The first kappa shape index (κ1) is 17.6. The Morgan fingerprint density at radius 2 is 1.67 bits per heavy atom. The molecule has 1 N–H and O–H groups in total. The second kappa shape index (κ2) is 6.72. The van der Waals surface area contributed by atoms with Gasteiger partial charge in [0.2, 0.25) is 0 Å². The number of hydrogen-bond donors (Lipinski definition) is 1. The first-order valence-corrected chi connectivity index (χ1v) is 10.1. The minimum Gasteiger partial charge on any atom is -0.344 e. The summed E-state index contributed by atoms with van der Waals surface area (Å²) in [4.78, 5) is 2.33. The van der Waals surface area contributed by atoms with Gasteiger partial charge in [0.05, 0.1) is 11.1 Å². The van der Waals surface area contributed by atoms with E-state index in [1.807, 2.05) is 37.4 Å². The van der Waals surface area contributed by atoms with Gasteiger partial charge < -0.3 is 4.57 Å². The lowest BCUT2D eigenvalue weighted by atomic mass is 10.1. The first-order chi connectivity index (χ1) is 13.0. The maximum Gasteiger partial charge on any atom is 0.276 e. The quantitative estimate of drug-likeness (QED) is 0.412. The van der Waals surface area contributed by atoms with Crippen LogP contribution in [0.4, 0.5) is 0 Å². The lowest BCUT2D eigenvalue weighted by molar-refractivity contribution is 0.584. The number of para-hydroxylation sites is 1. The van der Waals surface area contributed by atoms with Crippen molar-refractivity contribution in [2.75, 3.05) is 0 Å². The van der Waals surface area contributed by atoms with Gasteiger partial charge in [0.15, 0.2) is 0 Å². The van der Waals surface area contributed by atoms with Crippen molar-refractivity contribution in [2.24, 2.45) is 12.1 Å². The molecule has 0 aliphatic rings. The summed E-state index contributed by atoms with van der Waals surface area (Å²) in [6.07, 6.45) is 1.49. The Morgan fingerprint density at radius 3 is 2.44 bits per heavy atom. The molecule has 1 heterocycles. The highest BCUT2D eigenvalue weighted by atomic mass is 35.5. The zero-order valence-corrected chi connectivity index (χ0v) is 16.0. The van der Waals surface area contributed by atoms with Crippen LogP contribution in [0.15, 0.2) is 76.7 Å². The van der Waals surface area contributed by atoms with Gasteiger partial charge >= 0.3 is 0 Å². The molecule has 0 fully saturated rings. The zero-order chi connectivity index (χ0) is 19.0. The third-order valence-electron chi connectivity index (χ3n) is 4.45. The molecule has 4 aromatic rings. The van der Waals surface area contributed by atoms with Crippen LogP contribution in [0.25, 0.3) is 21.8 Å². The maximum atomic E-state index is 12.3. The number of sulfonamides is 1. The highest BCUT2D eigenvalue weighted by molar-refractivity contribution is 7.89. The first-order valence-electron chi connectivity index (χ1n) is 8.23. The largest absolute Gasteiger partial charge is 0.344 e. The Labute approximate surface area is 161 Å². The molecule has 0 saturated heterocycles. The van der Waals surface area contributed by atoms with Gasteiger partial charge in [-0.2, -0.15) is 13.5 Å². The van der Waals surface area contributed by atoms with Crippen molar-refractivity contribution in [2.45, 2.75) is 4.90 Å². The maximum absolute atomic E-state index is 12.3. The molecule has 0 bridgehead atoms. The SMILES string of the molecule is Cn1c2ccccc2c2cc(C=NNS(=O)(=O)c3ccc(Cl)cc3)ccc21. The van der Waals surface area contributed by atoms with E-state index in [2.05, 4.69) is 26.6 Å². The number of hydrogen-bond acceptors (Lipinski definition) is 3. The van der Waals surface area contributed by atoms with Crippen molar-refractivity contribution in [1.82, 2.24) is 9.40 Å². The Hall–Kier alpha value is -2.83. The molecule has 0 unspecified atom stereocenters. The minimum atomic E-state index is -3.73. The smallest absolute Gasteiger partial charge is 0.276 e. The molecule has 0 radical (unpaired) electrons. The van der Waals surface area contributed by atoms with Crippen molar-refractivity contribution in [1.29, 1.82) is 0 Å². The summed E-state index contributed by atoms with van der Waals surface area (Å²) in [5, 5.41) is 6.62. The summed E-state index contributed by atoms with van der Waals surface area (Å²) >= 11 is 5.79. The monoisotopic (exact) mass is 397 g/mol. The van der Waals surface area contributed by atoms with Crippen LogP contribution in [0.1, 0.15) is 5.56 Å². The highest BCUT2D eigenvalue weighted by Crippen LogP contribution is 2.28. The fourth-order valence-electron chi connectivity index (χ4n) is 3.10. The number of nitrogens with zero attached hydrogens (tertiary/aromatic N) is 2. The van der Waals surface area contributed by atoms with Crippen LogP contribution >= 0.6 is 11.6 Å². The molecule has 0 spiro atoms. The van der Waals surface area contributed by atoms with E-state index < -0.39 is 10.0 Å². The van der Waals surface area contributed by atoms with Gasteiger partial charge in [0.25, 0.3) is 10.0 Å². The number of benzene rings is 3. The van der Waals surface area contributed by atoms with Gasteiger partial charge in [-0.1, -0.05) is 35.9 Å². The molecule has 1 aromatic heterocycles. The van der Waals surface area contributed by atoms with Crippen LogP contribution in [-0.2, 0) is 17.1 Å². The molecule has 27 heavy (non-hydrogen) atoms. The second-order valence-electron chi connectivity index (χ2n) is 6.16. The second-order valence-corrected chi connectivity index (χ2v) is 8.26. The molecule has 5 nitrogen and oxygen atoms in total. The van der Waals surface area contributed by atoms with Crippen molar-refractivity contribution in [3.05, 3.63) is 77.3 Å². The number of aromatic nitrogens is 1. The van der Waals surface area contributed by atoms with E-state index in [4.69, 9.17) is 11.6 Å². The average Bonchev–Trinajstić information content (AvgIpc) is 2.95. The number of aryl methyl sites for hydroxylation is 1. The number of rotatable bonds is 4. The van der Waals surface area contributed by atoms with Gasteiger partial charge in [-0.25, -0.2) is 4.83 Å². The predicted molar refractivity (Wildman–Crippen MR) is 110 cm³/mol. The third kappa shape index (κ3) is 3.29. The fourth-order valence-corrected chi connectivity index (χ4v) is 4.02. The van der Waals surface area contributed by atoms with Crippen LogP contribution in [0, 0.1) is 0 Å². The van der Waals surface area contributed by atoms with Crippen LogP contribution in [0.2, 0.25) is 5.02 Å². The molecule has 3 aromatic carbocycles. The Morgan fingerprint density at radius 1 is 0.963 bits per heavy atom. The lowest BCUT2D eigenvalue weighted by Crippen LogP contribution is -2.18. The summed E-state index contributed by atoms with van der Waals surface area (Å²) in [5.74, 6) is 0.